The standard InChI is InChI=1S/C17H17FN2O/c1-11-5-6-15(18)14(9-11)17(21)20-16-4-2-3-12-10-19-8-7-13(12)16/h2-6,9,19H,7-8,10H2,1H3,(H,20,21). The van der Waals surface area contributed by atoms with Crippen molar-refractivity contribution < 1.29 is 9.18 Å². The molecule has 0 bridgehead atoms. The van der Waals surface area contributed by atoms with Crippen LogP contribution in [0, 0.1) is 12.7 Å². The molecule has 3 nitrogen and oxygen atoms in total. The Balaban J connectivity index is 1.90. The summed E-state index contributed by atoms with van der Waals surface area (Å²) < 4.78 is 13.8. The van der Waals surface area contributed by atoms with Crippen molar-refractivity contribution in [2.75, 3.05) is 11.9 Å². The summed E-state index contributed by atoms with van der Waals surface area (Å²) in [6.45, 7) is 3.53. The van der Waals surface area contributed by atoms with Gasteiger partial charge in [0.2, 0.25) is 0 Å². The highest BCUT2D eigenvalue weighted by Gasteiger charge is 2.16. The van der Waals surface area contributed by atoms with Gasteiger partial charge in [0.05, 0.1) is 5.56 Å². The lowest BCUT2D eigenvalue weighted by Crippen LogP contribution is -2.25. The Kier molecular flexibility index (Phi) is 3.71. The van der Waals surface area contributed by atoms with Crippen molar-refractivity contribution in [2.45, 2.75) is 19.9 Å². The van der Waals surface area contributed by atoms with E-state index in [0.29, 0.717) is 0 Å². The summed E-state index contributed by atoms with van der Waals surface area (Å²) in [7, 11) is 0. The number of hydrogen-bond acceptors (Lipinski definition) is 2. The number of benzene rings is 2. The Labute approximate surface area is 123 Å². The average Bonchev–Trinajstić information content (AvgIpc) is 2.50. The van der Waals surface area contributed by atoms with Gasteiger partial charge in [0.25, 0.3) is 5.91 Å². The van der Waals surface area contributed by atoms with Crippen LogP contribution < -0.4 is 10.6 Å². The summed E-state index contributed by atoms with van der Waals surface area (Å²) in [5.74, 6) is -0.896. The first-order chi connectivity index (χ1) is 10.1. The van der Waals surface area contributed by atoms with Crippen molar-refractivity contribution in [2.24, 2.45) is 0 Å². The van der Waals surface area contributed by atoms with Crippen LogP contribution in [0.25, 0.3) is 0 Å². The molecule has 0 aromatic heterocycles. The van der Waals surface area contributed by atoms with Crippen LogP contribution in [-0.2, 0) is 13.0 Å². The highest BCUT2D eigenvalue weighted by molar-refractivity contribution is 6.05. The van der Waals surface area contributed by atoms with Gasteiger partial charge in [0, 0.05) is 12.2 Å². The molecule has 21 heavy (non-hydrogen) atoms. The molecule has 3 rings (SSSR count). The van der Waals surface area contributed by atoms with E-state index < -0.39 is 11.7 Å². The first kappa shape index (κ1) is 13.8. The lowest BCUT2D eigenvalue weighted by molar-refractivity contribution is 0.102. The van der Waals surface area contributed by atoms with Crippen LogP contribution in [0.5, 0.6) is 0 Å². The van der Waals surface area contributed by atoms with Gasteiger partial charge in [-0.3, -0.25) is 4.79 Å². The first-order valence-corrected chi connectivity index (χ1v) is 7.04. The predicted molar refractivity (Wildman–Crippen MR) is 80.9 cm³/mol. The van der Waals surface area contributed by atoms with E-state index in [1.807, 2.05) is 25.1 Å². The first-order valence-electron chi connectivity index (χ1n) is 7.04. The normalized spacial score (nSPS) is 13.6. The zero-order valence-corrected chi connectivity index (χ0v) is 11.9. The number of hydrogen-bond donors (Lipinski definition) is 2. The van der Waals surface area contributed by atoms with Gasteiger partial charge >= 0.3 is 0 Å². The Morgan fingerprint density at radius 3 is 3.00 bits per heavy atom. The number of halogens is 1. The fourth-order valence-corrected chi connectivity index (χ4v) is 2.65. The largest absolute Gasteiger partial charge is 0.322 e. The maximum Gasteiger partial charge on any atom is 0.258 e. The van der Waals surface area contributed by atoms with E-state index in [1.165, 1.54) is 11.6 Å². The second kappa shape index (κ2) is 5.66. The minimum Gasteiger partial charge on any atom is -0.322 e. The maximum atomic E-state index is 13.8. The Hall–Kier alpha value is -2.20. The second-order valence-corrected chi connectivity index (χ2v) is 5.31. The number of carbonyl (C=O) groups is 1. The van der Waals surface area contributed by atoms with Crippen LogP contribution in [-0.4, -0.2) is 12.5 Å². The summed E-state index contributed by atoms with van der Waals surface area (Å²) >= 11 is 0. The highest BCUT2D eigenvalue weighted by atomic mass is 19.1. The molecule has 1 aliphatic rings. The zero-order valence-electron chi connectivity index (χ0n) is 11.9. The number of amides is 1. The lowest BCUT2D eigenvalue weighted by Gasteiger charge is -2.20. The molecule has 2 aromatic carbocycles. The summed E-state index contributed by atoms with van der Waals surface area (Å²) in [4.78, 5) is 12.3. The molecule has 2 N–H and O–H groups in total. The molecule has 1 heterocycles. The van der Waals surface area contributed by atoms with E-state index in [4.69, 9.17) is 0 Å². The molecule has 0 atom stereocenters. The number of aryl methyl sites for hydroxylation is 1. The molecule has 0 aliphatic carbocycles. The molecule has 0 saturated heterocycles. The van der Waals surface area contributed by atoms with Gasteiger partial charge in [0.1, 0.15) is 5.82 Å². The number of nitrogens with one attached hydrogen (secondary N) is 2. The quantitative estimate of drug-likeness (QED) is 0.890. The molecular formula is C17H17FN2O. The van der Waals surface area contributed by atoms with Gasteiger partial charge in [-0.25, -0.2) is 4.39 Å². The molecule has 0 saturated carbocycles. The molecule has 108 valence electrons. The highest BCUT2D eigenvalue weighted by Crippen LogP contribution is 2.24. The number of carbonyl (C=O) groups excluding carboxylic acids is 1. The van der Waals surface area contributed by atoms with Crippen LogP contribution >= 0.6 is 0 Å². The van der Waals surface area contributed by atoms with Gasteiger partial charge < -0.3 is 10.6 Å². The minimum absolute atomic E-state index is 0.0848. The molecule has 2 aromatic rings. The van der Waals surface area contributed by atoms with Crippen molar-refractivity contribution in [1.82, 2.24) is 5.32 Å². The maximum absolute atomic E-state index is 13.8. The Bertz CT molecular complexity index is 697. The van der Waals surface area contributed by atoms with Crippen molar-refractivity contribution >= 4 is 11.6 Å². The molecule has 0 radical (unpaired) electrons. The van der Waals surface area contributed by atoms with E-state index in [-0.39, 0.29) is 5.56 Å². The Morgan fingerprint density at radius 2 is 2.14 bits per heavy atom. The minimum atomic E-state index is -0.496. The van der Waals surface area contributed by atoms with Crippen molar-refractivity contribution in [3.8, 4) is 0 Å². The predicted octanol–water partition coefficient (Wildman–Crippen LogP) is 3.03. The summed E-state index contributed by atoms with van der Waals surface area (Å²) in [5, 5.41) is 6.14. The van der Waals surface area contributed by atoms with Crippen LogP contribution in [0.15, 0.2) is 36.4 Å². The molecule has 0 unspecified atom stereocenters. The van der Waals surface area contributed by atoms with Crippen molar-refractivity contribution in [3.05, 3.63) is 64.5 Å². The van der Waals surface area contributed by atoms with Crippen LogP contribution in [0.1, 0.15) is 27.0 Å². The number of anilines is 1. The lowest BCUT2D eigenvalue weighted by atomic mass is 9.99. The number of fused-ring (bicyclic) bond motifs is 1. The molecular weight excluding hydrogens is 267 g/mol. The molecule has 1 aliphatic heterocycles. The van der Waals surface area contributed by atoms with E-state index in [9.17, 15) is 9.18 Å². The van der Waals surface area contributed by atoms with E-state index >= 15 is 0 Å². The fraction of sp³-hybridized carbons (Fsp3) is 0.235. The summed E-state index contributed by atoms with van der Waals surface area (Å²) in [5.41, 5.74) is 4.05. The zero-order chi connectivity index (χ0) is 14.8. The SMILES string of the molecule is Cc1ccc(F)c(C(=O)Nc2cccc3c2CCNC3)c1. The van der Waals surface area contributed by atoms with Crippen molar-refractivity contribution in [3.63, 3.8) is 0 Å². The van der Waals surface area contributed by atoms with Crippen molar-refractivity contribution in [1.29, 1.82) is 0 Å². The van der Waals surface area contributed by atoms with Crippen LogP contribution in [0.2, 0.25) is 0 Å². The van der Waals surface area contributed by atoms with Gasteiger partial charge in [-0.05, 0) is 49.2 Å². The molecule has 0 fully saturated rings. The number of rotatable bonds is 2. The average molecular weight is 284 g/mol. The van der Waals surface area contributed by atoms with E-state index in [2.05, 4.69) is 10.6 Å². The van der Waals surface area contributed by atoms with E-state index in [1.54, 1.807) is 12.1 Å². The second-order valence-electron chi connectivity index (χ2n) is 5.31. The summed E-state index contributed by atoms with van der Waals surface area (Å²) in [6, 6.07) is 10.4. The van der Waals surface area contributed by atoms with Crippen LogP contribution in [0.4, 0.5) is 10.1 Å². The monoisotopic (exact) mass is 284 g/mol. The third-order valence-electron chi connectivity index (χ3n) is 3.75. The summed E-state index contributed by atoms with van der Waals surface area (Å²) in [6.07, 6.45) is 0.863. The topological polar surface area (TPSA) is 41.1 Å². The third kappa shape index (κ3) is 2.81. The van der Waals surface area contributed by atoms with Crippen LogP contribution in [0.3, 0.4) is 0 Å². The van der Waals surface area contributed by atoms with Gasteiger partial charge in [0.15, 0.2) is 0 Å². The Morgan fingerprint density at radius 1 is 1.29 bits per heavy atom. The molecule has 1 amide bonds. The third-order valence-corrected chi connectivity index (χ3v) is 3.75. The van der Waals surface area contributed by atoms with Gasteiger partial charge in [-0.2, -0.15) is 0 Å². The smallest absolute Gasteiger partial charge is 0.258 e. The van der Waals surface area contributed by atoms with Gasteiger partial charge in [-0.1, -0.05) is 23.8 Å². The fourth-order valence-electron chi connectivity index (χ4n) is 2.65. The van der Waals surface area contributed by atoms with Gasteiger partial charge in [-0.15, -0.1) is 0 Å². The van der Waals surface area contributed by atoms with E-state index in [0.717, 1.165) is 36.3 Å². The molecule has 0 spiro atoms. The molecule has 4 heteroatoms.